The standard InChI is InChI=1S/C21H26N2O2/c1-3-13(12-24)21(25)22-16-10-18-17-6-4-5-14-7-8-15(20(14)17)9-19(18)23(2)11-16/h4-6,8,10,13,16,19,24H,3,7,9,11-12H2,1-2H3,(H,22,25). The van der Waals surface area contributed by atoms with E-state index < -0.39 is 0 Å². The van der Waals surface area contributed by atoms with Crippen LogP contribution in [0.1, 0.15) is 36.5 Å². The number of aliphatic hydroxyl groups excluding tert-OH is 1. The first-order valence-corrected chi connectivity index (χ1v) is 9.27. The molecule has 0 saturated heterocycles. The van der Waals surface area contributed by atoms with Crippen LogP contribution in [0, 0.1) is 5.92 Å². The Morgan fingerprint density at radius 3 is 3.04 bits per heavy atom. The molecule has 0 fully saturated rings. The summed E-state index contributed by atoms with van der Waals surface area (Å²) in [5.74, 6) is -0.364. The van der Waals surface area contributed by atoms with Crippen molar-refractivity contribution < 1.29 is 9.90 Å². The van der Waals surface area contributed by atoms with Crippen LogP contribution in [0.25, 0.3) is 11.1 Å². The van der Waals surface area contributed by atoms with Crippen LogP contribution in [0.15, 0.2) is 30.4 Å². The predicted octanol–water partition coefficient (Wildman–Crippen LogP) is 2.23. The number of carbonyl (C=O) groups excluding carboxylic acids is 1. The lowest BCUT2D eigenvalue weighted by Crippen LogP contribution is -2.51. The van der Waals surface area contributed by atoms with Gasteiger partial charge in [-0.3, -0.25) is 9.69 Å². The molecule has 3 unspecified atom stereocenters. The SMILES string of the molecule is CCC(CO)C(=O)NC1C=C2c3cccc4c3C(=CC4)CC2N(C)C1. The Morgan fingerprint density at radius 1 is 1.44 bits per heavy atom. The number of fused-ring (bicyclic) bond motifs is 2. The fraction of sp³-hybridized carbons (Fsp3) is 0.476. The van der Waals surface area contributed by atoms with Crippen molar-refractivity contribution in [1.29, 1.82) is 0 Å². The number of rotatable bonds is 4. The minimum atomic E-state index is -0.316. The average Bonchev–Trinajstić information content (AvgIpc) is 3.02. The fourth-order valence-corrected chi connectivity index (χ4v) is 4.49. The zero-order chi connectivity index (χ0) is 17.6. The Hall–Kier alpha value is -1.91. The number of benzene rings is 1. The lowest BCUT2D eigenvalue weighted by molar-refractivity contribution is -0.126. The third kappa shape index (κ3) is 2.74. The molecule has 0 spiro atoms. The van der Waals surface area contributed by atoms with Gasteiger partial charge in [-0.25, -0.2) is 0 Å². The van der Waals surface area contributed by atoms with Crippen LogP contribution in [-0.4, -0.2) is 48.2 Å². The molecule has 4 nitrogen and oxygen atoms in total. The van der Waals surface area contributed by atoms with Crippen LogP contribution in [0.4, 0.5) is 0 Å². The molecule has 1 amide bonds. The van der Waals surface area contributed by atoms with E-state index in [1.54, 1.807) is 0 Å². The molecule has 4 rings (SSSR count). The molecule has 4 heteroatoms. The van der Waals surface area contributed by atoms with Gasteiger partial charge in [0.25, 0.3) is 0 Å². The second kappa shape index (κ2) is 6.43. The Morgan fingerprint density at radius 2 is 2.28 bits per heavy atom. The van der Waals surface area contributed by atoms with Gasteiger partial charge in [-0.05, 0) is 54.1 Å². The lowest BCUT2D eigenvalue weighted by Gasteiger charge is -2.41. The Bertz CT molecular complexity index is 761. The van der Waals surface area contributed by atoms with Gasteiger partial charge in [-0.2, -0.15) is 0 Å². The highest BCUT2D eigenvalue weighted by Crippen LogP contribution is 2.45. The first-order chi connectivity index (χ1) is 12.1. The third-order valence-corrected chi connectivity index (χ3v) is 5.93. The molecule has 2 aliphatic carbocycles. The molecule has 1 aromatic rings. The van der Waals surface area contributed by atoms with Gasteiger partial charge in [-0.15, -0.1) is 0 Å². The van der Waals surface area contributed by atoms with E-state index in [4.69, 9.17) is 0 Å². The van der Waals surface area contributed by atoms with Gasteiger partial charge in [-0.1, -0.05) is 37.3 Å². The van der Waals surface area contributed by atoms with E-state index in [-0.39, 0.29) is 24.5 Å². The topological polar surface area (TPSA) is 52.6 Å². The third-order valence-electron chi connectivity index (χ3n) is 5.93. The van der Waals surface area contributed by atoms with Crippen molar-refractivity contribution in [3.8, 4) is 0 Å². The Balaban J connectivity index is 1.66. The van der Waals surface area contributed by atoms with Crippen molar-refractivity contribution in [2.75, 3.05) is 20.2 Å². The molecular weight excluding hydrogens is 312 g/mol. The summed E-state index contributed by atoms with van der Waals surface area (Å²) in [6, 6.07) is 6.97. The minimum absolute atomic E-state index is 0.00728. The summed E-state index contributed by atoms with van der Waals surface area (Å²) in [4.78, 5) is 14.7. The van der Waals surface area contributed by atoms with Gasteiger partial charge < -0.3 is 10.4 Å². The maximum atomic E-state index is 12.4. The van der Waals surface area contributed by atoms with Crippen molar-refractivity contribution in [3.63, 3.8) is 0 Å². The summed E-state index contributed by atoms with van der Waals surface area (Å²) in [5, 5.41) is 12.5. The Kier molecular flexibility index (Phi) is 4.26. The Labute approximate surface area is 149 Å². The molecule has 0 bridgehead atoms. The van der Waals surface area contributed by atoms with Crippen molar-refractivity contribution in [2.24, 2.45) is 5.92 Å². The van der Waals surface area contributed by atoms with Crippen LogP contribution in [0.2, 0.25) is 0 Å². The van der Waals surface area contributed by atoms with E-state index in [1.807, 2.05) is 6.92 Å². The largest absolute Gasteiger partial charge is 0.396 e. The number of allylic oxidation sites excluding steroid dienone is 1. The average molecular weight is 338 g/mol. The van der Waals surface area contributed by atoms with E-state index in [0.717, 1.165) is 19.4 Å². The highest BCUT2D eigenvalue weighted by molar-refractivity contribution is 5.91. The van der Waals surface area contributed by atoms with Crippen LogP contribution >= 0.6 is 0 Å². The number of carbonyl (C=O) groups is 1. The zero-order valence-corrected chi connectivity index (χ0v) is 15.0. The number of nitrogens with one attached hydrogen (secondary N) is 1. The normalized spacial score (nSPS) is 25.6. The summed E-state index contributed by atoms with van der Waals surface area (Å²) in [7, 11) is 2.14. The predicted molar refractivity (Wildman–Crippen MR) is 99.9 cm³/mol. The fourth-order valence-electron chi connectivity index (χ4n) is 4.49. The molecule has 2 N–H and O–H groups in total. The molecule has 132 valence electrons. The molecule has 0 aromatic heterocycles. The van der Waals surface area contributed by atoms with Gasteiger partial charge in [0.15, 0.2) is 0 Å². The molecule has 3 atom stereocenters. The molecule has 3 aliphatic rings. The molecule has 0 saturated carbocycles. The molecule has 0 radical (unpaired) electrons. The van der Waals surface area contributed by atoms with Gasteiger partial charge in [0.05, 0.1) is 18.6 Å². The quantitative estimate of drug-likeness (QED) is 0.885. The van der Waals surface area contributed by atoms with E-state index in [0.29, 0.717) is 12.5 Å². The van der Waals surface area contributed by atoms with Crippen LogP contribution in [0.5, 0.6) is 0 Å². The van der Waals surface area contributed by atoms with Crippen molar-refractivity contribution in [3.05, 3.63) is 47.0 Å². The van der Waals surface area contributed by atoms with E-state index >= 15 is 0 Å². The second-order valence-corrected chi connectivity index (χ2v) is 7.46. The van der Waals surface area contributed by atoms with Crippen LogP contribution < -0.4 is 5.32 Å². The molecule has 1 heterocycles. The van der Waals surface area contributed by atoms with Gasteiger partial charge >= 0.3 is 0 Å². The highest BCUT2D eigenvalue weighted by atomic mass is 16.3. The van der Waals surface area contributed by atoms with E-state index in [1.165, 1.54) is 27.8 Å². The number of nitrogens with zero attached hydrogens (tertiary/aromatic N) is 1. The molecule has 25 heavy (non-hydrogen) atoms. The van der Waals surface area contributed by atoms with E-state index in [2.05, 4.69) is 47.6 Å². The summed E-state index contributed by atoms with van der Waals surface area (Å²) in [5.41, 5.74) is 7.00. The number of aliphatic hydroxyl groups is 1. The summed E-state index contributed by atoms with van der Waals surface area (Å²) < 4.78 is 0. The lowest BCUT2D eigenvalue weighted by atomic mass is 9.78. The second-order valence-electron chi connectivity index (χ2n) is 7.46. The first-order valence-electron chi connectivity index (χ1n) is 9.27. The molecular formula is C21H26N2O2. The highest BCUT2D eigenvalue weighted by Gasteiger charge is 2.36. The number of hydrogen-bond acceptors (Lipinski definition) is 3. The van der Waals surface area contributed by atoms with Crippen LogP contribution in [0.3, 0.4) is 0 Å². The van der Waals surface area contributed by atoms with Crippen molar-refractivity contribution >= 4 is 17.1 Å². The molecule has 1 aliphatic heterocycles. The number of likely N-dealkylation sites (N-methyl/N-ethyl adjacent to an activating group) is 1. The minimum Gasteiger partial charge on any atom is -0.396 e. The number of hydrogen-bond donors (Lipinski definition) is 2. The monoisotopic (exact) mass is 338 g/mol. The summed E-state index contributed by atoms with van der Waals surface area (Å²) >= 11 is 0. The maximum absolute atomic E-state index is 12.4. The van der Waals surface area contributed by atoms with Gasteiger partial charge in [0.1, 0.15) is 0 Å². The van der Waals surface area contributed by atoms with E-state index in [9.17, 15) is 9.90 Å². The maximum Gasteiger partial charge on any atom is 0.225 e. The first kappa shape index (κ1) is 16.6. The van der Waals surface area contributed by atoms with Crippen LogP contribution in [-0.2, 0) is 11.2 Å². The summed E-state index contributed by atoms with van der Waals surface area (Å²) in [6.07, 6.45) is 7.37. The van der Waals surface area contributed by atoms with Crippen molar-refractivity contribution in [2.45, 2.75) is 38.3 Å². The van der Waals surface area contributed by atoms with Crippen molar-refractivity contribution in [1.82, 2.24) is 10.2 Å². The zero-order valence-electron chi connectivity index (χ0n) is 15.0. The smallest absolute Gasteiger partial charge is 0.225 e. The van der Waals surface area contributed by atoms with Gasteiger partial charge in [0, 0.05) is 12.6 Å². The summed E-state index contributed by atoms with van der Waals surface area (Å²) in [6.45, 7) is 2.65. The molecule has 1 aromatic carbocycles. The van der Waals surface area contributed by atoms with Gasteiger partial charge in [0.2, 0.25) is 5.91 Å². The number of amides is 1.